The molecule has 2 aliphatic heterocycles. The zero-order chi connectivity index (χ0) is 23.8. The maximum absolute atomic E-state index is 15.0. The summed E-state index contributed by atoms with van der Waals surface area (Å²) in [6.45, 7) is 3.99. The molecule has 0 saturated carbocycles. The Morgan fingerprint density at radius 3 is 2.79 bits per heavy atom. The largest absolute Gasteiger partial charge is 0.337 e. The van der Waals surface area contributed by atoms with Gasteiger partial charge in [-0.25, -0.2) is 9.07 Å². The molecule has 3 heterocycles. The van der Waals surface area contributed by atoms with Crippen molar-refractivity contribution < 1.29 is 9.18 Å². The number of amides is 1. The molecule has 6 nitrogen and oxygen atoms in total. The van der Waals surface area contributed by atoms with Crippen LogP contribution in [0.1, 0.15) is 49.8 Å². The van der Waals surface area contributed by atoms with Gasteiger partial charge in [-0.1, -0.05) is 47.0 Å². The second-order valence-electron chi connectivity index (χ2n) is 8.97. The highest BCUT2D eigenvalue weighted by Gasteiger charge is 2.27. The van der Waals surface area contributed by atoms with Gasteiger partial charge in [-0.3, -0.25) is 4.79 Å². The minimum atomic E-state index is -0.418. The summed E-state index contributed by atoms with van der Waals surface area (Å²) in [6.07, 6.45) is 5.79. The van der Waals surface area contributed by atoms with Gasteiger partial charge in [0.05, 0.1) is 17.6 Å². The second kappa shape index (κ2) is 9.64. The number of benzene rings is 2. The van der Waals surface area contributed by atoms with Crippen LogP contribution in [0.15, 0.2) is 36.4 Å². The molecule has 1 N–H and O–H groups in total. The summed E-state index contributed by atoms with van der Waals surface area (Å²) in [4.78, 5) is 14.7. The van der Waals surface area contributed by atoms with Crippen molar-refractivity contribution in [3.63, 3.8) is 0 Å². The van der Waals surface area contributed by atoms with Crippen LogP contribution >= 0.6 is 23.2 Å². The van der Waals surface area contributed by atoms with E-state index in [0.717, 1.165) is 42.5 Å². The minimum Gasteiger partial charge on any atom is -0.337 e. The Labute approximate surface area is 207 Å². The van der Waals surface area contributed by atoms with E-state index in [1.165, 1.54) is 6.07 Å². The van der Waals surface area contributed by atoms with Gasteiger partial charge in [-0.05, 0) is 73.7 Å². The number of nitrogens with zero attached hydrogens (tertiary/aromatic N) is 4. The highest BCUT2D eigenvalue weighted by molar-refractivity contribution is 6.35. The van der Waals surface area contributed by atoms with E-state index in [-0.39, 0.29) is 23.5 Å². The summed E-state index contributed by atoms with van der Waals surface area (Å²) in [5.74, 6) is -0.258. The number of fused-ring (bicyclic) bond motifs is 1. The fraction of sp³-hybridized carbons (Fsp3) is 0.400. The van der Waals surface area contributed by atoms with Crippen molar-refractivity contribution in [3.05, 3.63) is 63.4 Å². The lowest BCUT2D eigenvalue weighted by atomic mass is 9.97. The van der Waals surface area contributed by atoms with Crippen molar-refractivity contribution in [2.24, 2.45) is 0 Å². The number of carbonyl (C=O) groups excluding carboxylic acids is 1. The predicted octanol–water partition coefficient (Wildman–Crippen LogP) is 5.24. The molecule has 0 unspecified atom stereocenters. The lowest BCUT2D eigenvalue weighted by Gasteiger charge is -2.32. The molecular weight excluding hydrogens is 476 g/mol. The normalized spacial score (nSPS) is 19.8. The molecule has 5 rings (SSSR count). The lowest BCUT2D eigenvalue weighted by molar-refractivity contribution is -0.133. The van der Waals surface area contributed by atoms with Crippen LogP contribution in [0.3, 0.4) is 0 Å². The summed E-state index contributed by atoms with van der Waals surface area (Å²) < 4.78 is 16.7. The molecule has 2 aromatic carbocycles. The van der Waals surface area contributed by atoms with Crippen molar-refractivity contribution in [1.82, 2.24) is 25.2 Å². The molecule has 1 saturated heterocycles. The number of aromatic nitrogens is 3. The third kappa shape index (κ3) is 4.44. The fourth-order valence-corrected chi connectivity index (χ4v) is 5.42. The number of hydrogen-bond acceptors (Lipinski definition) is 4. The molecule has 0 aliphatic carbocycles. The molecule has 0 bridgehead atoms. The zero-order valence-corrected chi connectivity index (χ0v) is 20.4. The first kappa shape index (κ1) is 23.3. The standard InChI is InChI=1S/C25H26Cl2FN5O/c1-15(19-6-5-18(26)14-20(19)27)33-23-13-17(12-21(28)24(23)30-31-33)16-7-10-32(11-8-16)25(34)22-4-2-3-9-29-22/h5-7,12-15,22,29H,2-4,8-11H2,1H3/t15-,22-/m1/s1. The Morgan fingerprint density at radius 1 is 1.24 bits per heavy atom. The van der Waals surface area contributed by atoms with Crippen LogP contribution in [0.5, 0.6) is 0 Å². The van der Waals surface area contributed by atoms with Crippen LogP contribution in [-0.4, -0.2) is 51.5 Å². The Balaban J connectivity index is 1.41. The molecule has 9 heteroatoms. The highest BCUT2D eigenvalue weighted by atomic mass is 35.5. The van der Waals surface area contributed by atoms with Crippen molar-refractivity contribution in [2.45, 2.75) is 44.7 Å². The first-order chi connectivity index (χ1) is 16.4. The molecule has 1 fully saturated rings. The summed E-state index contributed by atoms with van der Waals surface area (Å²) in [6, 6.07) is 8.38. The molecule has 3 aromatic rings. The maximum Gasteiger partial charge on any atom is 0.239 e. The number of carbonyl (C=O) groups is 1. The number of halogens is 3. The van der Waals surface area contributed by atoms with Gasteiger partial charge in [0, 0.05) is 23.1 Å². The van der Waals surface area contributed by atoms with Crippen LogP contribution in [0.2, 0.25) is 10.0 Å². The first-order valence-corrected chi connectivity index (χ1v) is 12.4. The van der Waals surface area contributed by atoms with E-state index in [2.05, 4.69) is 15.6 Å². The topological polar surface area (TPSA) is 63.1 Å². The van der Waals surface area contributed by atoms with E-state index in [1.807, 2.05) is 30.0 Å². The maximum atomic E-state index is 15.0. The Morgan fingerprint density at radius 2 is 2.09 bits per heavy atom. The van der Waals surface area contributed by atoms with Gasteiger partial charge in [0.25, 0.3) is 0 Å². The lowest BCUT2D eigenvalue weighted by Crippen LogP contribution is -2.49. The number of hydrogen-bond donors (Lipinski definition) is 1. The second-order valence-corrected chi connectivity index (χ2v) is 9.81. The monoisotopic (exact) mass is 501 g/mol. The summed E-state index contributed by atoms with van der Waals surface area (Å²) in [5, 5.41) is 12.7. The molecule has 2 aliphatic rings. The third-order valence-electron chi connectivity index (χ3n) is 6.81. The van der Waals surface area contributed by atoms with Crippen molar-refractivity contribution in [3.8, 4) is 0 Å². The van der Waals surface area contributed by atoms with E-state index in [0.29, 0.717) is 35.1 Å². The molecule has 34 heavy (non-hydrogen) atoms. The van der Waals surface area contributed by atoms with Gasteiger partial charge in [-0.15, -0.1) is 5.10 Å². The van der Waals surface area contributed by atoms with Crippen molar-refractivity contribution >= 4 is 45.7 Å². The van der Waals surface area contributed by atoms with Crippen LogP contribution in [-0.2, 0) is 4.79 Å². The van der Waals surface area contributed by atoms with E-state index in [4.69, 9.17) is 23.2 Å². The summed E-state index contributed by atoms with van der Waals surface area (Å²) in [5.41, 5.74) is 3.44. The fourth-order valence-electron chi connectivity index (χ4n) is 4.86. The highest BCUT2D eigenvalue weighted by Crippen LogP contribution is 2.32. The minimum absolute atomic E-state index is 0.0842. The first-order valence-electron chi connectivity index (χ1n) is 11.6. The van der Waals surface area contributed by atoms with Gasteiger partial charge in [0.15, 0.2) is 5.82 Å². The zero-order valence-electron chi connectivity index (χ0n) is 18.9. The SMILES string of the molecule is C[C@H](c1ccc(Cl)cc1Cl)n1nnc2c(F)cc(C3=CCN(C(=O)[C@H]4CCCCN4)CC3)cc21. The Hall–Kier alpha value is -2.48. The van der Waals surface area contributed by atoms with Gasteiger partial charge in [-0.2, -0.15) is 0 Å². The average Bonchev–Trinajstić information content (AvgIpc) is 3.28. The molecule has 0 spiro atoms. The summed E-state index contributed by atoms with van der Waals surface area (Å²) >= 11 is 12.4. The van der Waals surface area contributed by atoms with Crippen LogP contribution in [0.4, 0.5) is 4.39 Å². The van der Waals surface area contributed by atoms with Gasteiger partial charge >= 0.3 is 0 Å². The molecular formula is C25H26Cl2FN5O. The quantitative estimate of drug-likeness (QED) is 0.530. The van der Waals surface area contributed by atoms with Crippen LogP contribution in [0.25, 0.3) is 16.6 Å². The van der Waals surface area contributed by atoms with Crippen molar-refractivity contribution in [1.29, 1.82) is 0 Å². The average molecular weight is 502 g/mol. The molecule has 1 amide bonds. The Kier molecular flexibility index (Phi) is 6.60. The molecule has 0 radical (unpaired) electrons. The van der Waals surface area contributed by atoms with Gasteiger partial charge < -0.3 is 10.2 Å². The van der Waals surface area contributed by atoms with E-state index in [1.54, 1.807) is 16.8 Å². The number of piperidine rings is 1. The van der Waals surface area contributed by atoms with E-state index >= 15 is 4.39 Å². The van der Waals surface area contributed by atoms with E-state index in [9.17, 15) is 4.79 Å². The smallest absolute Gasteiger partial charge is 0.239 e. The summed E-state index contributed by atoms with van der Waals surface area (Å²) in [7, 11) is 0. The third-order valence-corrected chi connectivity index (χ3v) is 7.37. The number of rotatable bonds is 4. The molecule has 1 aromatic heterocycles. The Bertz CT molecular complexity index is 1270. The van der Waals surface area contributed by atoms with Crippen LogP contribution < -0.4 is 5.32 Å². The van der Waals surface area contributed by atoms with E-state index < -0.39 is 5.82 Å². The van der Waals surface area contributed by atoms with Gasteiger partial charge in [0.1, 0.15) is 5.52 Å². The van der Waals surface area contributed by atoms with Crippen LogP contribution in [0, 0.1) is 5.82 Å². The number of nitrogens with one attached hydrogen (secondary N) is 1. The predicted molar refractivity (Wildman–Crippen MR) is 133 cm³/mol. The molecule has 178 valence electrons. The van der Waals surface area contributed by atoms with Gasteiger partial charge in [0.2, 0.25) is 5.91 Å². The van der Waals surface area contributed by atoms with Crippen molar-refractivity contribution in [2.75, 3.05) is 19.6 Å². The molecule has 2 atom stereocenters.